The van der Waals surface area contributed by atoms with Crippen LogP contribution >= 0.6 is 0 Å². The molecule has 3 nitrogen and oxygen atoms in total. The van der Waals surface area contributed by atoms with Crippen molar-refractivity contribution in [2.75, 3.05) is 0 Å². The highest BCUT2D eigenvalue weighted by molar-refractivity contribution is 5.82. The van der Waals surface area contributed by atoms with Gasteiger partial charge in [-0.25, -0.2) is 0 Å². The molecule has 0 bridgehead atoms. The summed E-state index contributed by atoms with van der Waals surface area (Å²) in [6.07, 6.45) is 0.875. The van der Waals surface area contributed by atoms with E-state index in [1.165, 1.54) is 0 Å². The van der Waals surface area contributed by atoms with Crippen molar-refractivity contribution in [2.45, 2.75) is 60.0 Å². The third-order valence-electron chi connectivity index (χ3n) is 3.55. The average Bonchev–Trinajstić information content (AvgIpc) is 2.35. The van der Waals surface area contributed by atoms with Crippen molar-refractivity contribution in [1.82, 2.24) is 5.32 Å². The van der Waals surface area contributed by atoms with E-state index in [1.54, 1.807) is 0 Å². The van der Waals surface area contributed by atoms with Crippen LogP contribution in [-0.2, 0) is 4.79 Å². The second-order valence-corrected chi connectivity index (χ2v) is 8.08. The second kappa shape index (κ2) is 6.61. The molecule has 0 aliphatic rings. The summed E-state index contributed by atoms with van der Waals surface area (Å²) < 4.78 is 0. The lowest BCUT2D eigenvalue weighted by atomic mass is 9.84. The maximum Gasteiger partial charge on any atom is 0.237 e. The van der Waals surface area contributed by atoms with Gasteiger partial charge >= 0.3 is 0 Å². The Bertz CT molecular complexity index is 454. The Morgan fingerprint density at radius 1 is 1.10 bits per heavy atom. The van der Waals surface area contributed by atoms with Gasteiger partial charge in [0.2, 0.25) is 5.91 Å². The molecule has 0 heterocycles. The fraction of sp³-hybridized carbons (Fsp3) is 0.611. The van der Waals surface area contributed by atoms with Crippen molar-refractivity contribution in [3.05, 3.63) is 35.9 Å². The van der Waals surface area contributed by atoms with Crippen LogP contribution in [0.15, 0.2) is 30.3 Å². The number of hydrogen-bond donors (Lipinski definition) is 2. The molecule has 0 saturated heterocycles. The molecule has 3 heteroatoms. The average molecular weight is 290 g/mol. The molecule has 0 fully saturated rings. The predicted octanol–water partition coefficient (Wildman–Crippen LogP) is 3.65. The van der Waals surface area contributed by atoms with Crippen molar-refractivity contribution in [2.24, 2.45) is 16.6 Å². The van der Waals surface area contributed by atoms with Gasteiger partial charge < -0.3 is 11.1 Å². The van der Waals surface area contributed by atoms with Gasteiger partial charge in [0.15, 0.2) is 0 Å². The molecule has 21 heavy (non-hydrogen) atoms. The largest absolute Gasteiger partial charge is 0.348 e. The summed E-state index contributed by atoms with van der Waals surface area (Å²) in [6, 6.07) is 9.58. The summed E-state index contributed by atoms with van der Waals surface area (Å²) in [4.78, 5) is 12.4. The molecule has 3 N–H and O–H groups in total. The Morgan fingerprint density at radius 2 is 1.62 bits per heavy atom. The van der Waals surface area contributed by atoms with E-state index in [9.17, 15) is 4.79 Å². The van der Waals surface area contributed by atoms with E-state index in [-0.39, 0.29) is 22.8 Å². The zero-order chi connectivity index (χ0) is 16.3. The van der Waals surface area contributed by atoms with Crippen molar-refractivity contribution >= 4 is 5.91 Å². The number of rotatable bonds is 4. The number of benzene rings is 1. The van der Waals surface area contributed by atoms with E-state index in [1.807, 2.05) is 39.0 Å². The zero-order valence-electron chi connectivity index (χ0n) is 14.2. The van der Waals surface area contributed by atoms with Crippen molar-refractivity contribution in [1.29, 1.82) is 0 Å². The molecule has 118 valence electrons. The number of carbonyl (C=O) groups is 1. The first-order chi connectivity index (χ1) is 9.50. The van der Waals surface area contributed by atoms with Gasteiger partial charge in [-0.3, -0.25) is 4.79 Å². The van der Waals surface area contributed by atoms with E-state index >= 15 is 0 Å². The molecule has 1 aromatic rings. The second-order valence-electron chi connectivity index (χ2n) is 8.08. The molecular weight excluding hydrogens is 260 g/mol. The van der Waals surface area contributed by atoms with Crippen molar-refractivity contribution in [3.63, 3.8) is 0 Å². The van der Waals surface area contributed by atoms with E-state index in [0.717, 1.165) is 12.0 Å². The van der Waals surface area contributed by atoms with E-state index in [0.29, 0.717) is 0 Å². The van der Waals surface area contributed by atoms with Gasteiger partial charge in [-0.15, -0.1) is 0 Å². The van der Waals surface area contributed by atoms with Gasteiger partial charge in [-0.05, 0) is 22.8 Å². The molecule has 0 radical (unpaired) electrons. The molecule has 0 aromatic heterocycles. The molecule has 0 saturated carbocycles. The molecule has 0 aliphatic heterocycles. The minimum Gasteiger partial charge on any atom is -0.348 e. The van der Waals surface area contributed by atoms with Crippen LogP contribution in [-0.4, -0.2) is 11.9 Å². The van der Waals surface area contributed by atoms with Gasteiger partial charge in [-0.2, -0.15) is 0 Å². The molecule has 2 atom stereocenters. The van der Waals surface area contributed by atoms with E-state index in [4.69, 9.17) is 5.73 Å². The Balaban J connectivity index is 2.91. The number of nitrogens with two attached hydrogens (primary N) is 1. The van der Waals surface area contributed by atoms with E-state index in [2.05, 4.69) is 38.2 Å². The minimum atomic E-state index is -0.510. The lowest BCUT2D eigenvalue weighted by Crippen LogP contribution is -2.49. The summed E-state index contributed by atoms with van der Waals surface area (Å²) >= 11 is 0. The summed E-state index contributed by atoms with van der Waals surface area (Å²) in [5.41, 5.74) is 7.08. The number of amides is 1. The molecular formula is C18H30N2O. The molecule has 1 rings (SSSR count). The highest BCUT2D eigenvalue weighted by Crippen LogP contribution is 2.30. The van der Waals surface area contributed by atoms with Gasteiger partial charge in [0, 0.05) is 0 Å². The maximum absolute atomic E-state index is 12.4. The fourth-order valence-electron chi connectivity index (χ4n) is 2.20. The molecule has 1 amide bonds. The molecule has 1 aromatic carbocycles. The van der Waals surface area contributed by atoms with Crippen LogP contribution < -0.4 is 11.1 Å². The van der Waals surface area contributed by atoms with Gasteiger partial charge in [0.25, 0.3) is 0 Å². The van der Waals surface area contributed by atoms with Crippen LogP contribution in [0.25, 0.3) is 0 Å². The number of nitrogens with one attached hydrogen (secondary N) is 1. The highest BCUT2D eigenvalue weighted by atomic mass is 16.2. The van der Waals surface area contributed by atoms with Crippen LogP contribution in [0.5, 0.6) is 0 Å². The summed E-state index contributed by atoms with van der Waals surface area (Å²) in [6.45, 7) is 12.5. The molecule has 0 aliphatic carbocycles. The van der Waals surface area contributed by atoms with Crippen molar-refractivity contribution in [3.8, 4) is 0 Å². The first-order valence-electron chi connectivity index (χ1n) is 7.61. The minimum absolute atomic E-state index is 0.00731. The van der Waals surface area contributed by atoms with Gasteiger partial charge in [0.1, 0.15) is 0 Å². The summed E-state index contributed by atoms with van der Waals surface area (Å²) in [5.74, 6) is -0.0828. The highest BCUT2D eigenvalue weighted by Gasteiger charge is 2.30. The monoisotopic (exact) mass is 290 g/mol. The Labute approximate surface area is 129 Å². The SMILES string of the molecule is CC(C)(C)CC(NC(=O)[C@@H](N)C(C)(C)C)c1ccccc1. The smallest absolute Gasteiger partial charge is 0.237 e. The van der Waals surface area contributed by atoms with E-state index < -0.39 is 6.04 Å². The Morgan fingerprint density at radius 3 is 2.05 bits per heavy atom. The lowest BCUT2D eigenvalue weighted by molar-refractivity contribution is -0.125. The maximum atomic E-state index is 12.4. The third-order valence-corrected chi connectivity index (χ3v) is 3.55. The lowest BCUT2D eigenvalue weighted by Gasteiger charge is -2.31. The zero-order valence-corrected chi connectivity index (χ0v) is 14.2. The van der Waals surface area contributed by atoms with Crippen LogP contribution in [0.3, 0.4) is 0 Å². The normalized spacial score (nSPS) is 15.4. The van der Waals surface area contributed by atoms with Gasteiger partial charge in [-0.1, -0.05) is 71.9 Å². The topological polar surface area (TPSA) is 55.1 Å². The van der Waals surface area contributed by atoms with Crippen LogP contribution in [0.4, 0.5) is 0 Å². The van der Waals surface area contributed by atoms with Crippen LogP contribution in [0, 0.1) is 10.8 Å². The quantitative estimate of drug-likeness (QED) is 0.889. The van der Waals surface area contributed by atoms with Gasteiger partial charge in [0.05, 0.1) is 12.1 Å². The predicted molar refractivity (Wildman–Crippen MR) is 88.8 cm³/mol. The van der Waals surface area contributed by atoms with Crippen molar-refractivity contribution < 1.29 is 4.79 Å². The molecule has 1 unspecified atom stereocenters. The first kappa shape index (κ1) is 17.7. The third kappa shape index (κ3) is 5.88. The number of hydrogen-bond acceptors (Lipinski definition) is 2. The standard InChI is InChI=1S/C18H30N2O/c1-17(2,3)12-14(13-10-8-7-9-11-13)20-16(21)15(19)18(4,5)6/h7-11,14-15H,12,19H2,1-6H3,(H,20,21)/t14?,15-/m1/s1. The summed E-state index contributed by atoms with van der Waals surface area (Å²) in [7, 11) is 0. The Hall–Kier alpha value is -1.35. The number of carbonyl (C=O) groups excluding carboxylic acids is 1. The summed E-state index contributed by atoms with van der Waals surface area (Å²) in [5, 5.41) is 3.13. The fourth-order valence-corrected chi connectivity index (χ4v) is 2.20. The molecule has 0 spiro atoms. The van der Waals surface area contributed by atoms with Crippen LogP contribution in [0.2, 0.25) is 0 Å². The van der Waals surface area contributed by atoms with Crippen LogP contribution in [0.1, 0.15) is 59.6 Å². The first-order valence-corrected chi connectivity index (χ1v) is 7.61. The Kier molecular flexibility index (Phi) is 5.57.